The number of carboxylic acid groups (broad SMARTS) is 1. The van der Waals surface area contributed by atoms with Crippen LogP contribution in [0, 0.1) is 6.92 Å². The van der Waals surface area contributed by atoms with Crippen molar-refractivity contribution in [2.45, 2.75) is 19.9 Å². The van der Waals surface area contributed by atoms with Crippen molar-refractivity contribution in [1.82, 2.24) is 15.0 Å². The largest absolute Gasteiger partial charge is 0.481 e. The first-order valence-electron chi connectivity index (χ1n) is 6.71. The molecule has 3 aromatic rings. The molecule has 5 nitrogen and oxygen atoms in total. The molecule has 0 radical (unpaired) electrons. The number of hydrogen-bond acceptors (Lipinski definition) is 3. The number of nitrogens with zero attached hydrogens (tertiary/aromatic N) is 3. The molecular weight excluding hydrogens is 266 g/mol. The first-order valence-corrected chi connectivity index (χ1v) is 6.71. The first-order chi connectivity index (χ1) is 10.1. The normalized spacial score (nSPS) is 10.9. The lowest BCUT2D eigenvalue weighted by Gasteiger charge is -2.00. The van der Waals surface area contributed by atoms with Gasteiger partial charge >= 0.3 is 5.97 Å². The minimum Gasteiger partial charge on any atom is -0.481 e. The lowest BCUT2D eigenvalue weighted by atomic mass is 10.1. The lowest BCUT2D eigenvalue weighted by molar-refractivity contribution is -0.136. The molecule has 0 aliphatic rings. The smallest absolute Gasteiger partial charge is 0.307 e. The fourth-order valence-corrected chi connectivity index (χ4v) is 2.22. The average molecular weight is 281 g/mol. The molecule has 3 rings (SSSR count). The van der Waals surface area contributed by atoms with E-state index in [2.05, 4.69) is 34.5 Å². The molecule has 2 aromatic carbocycles. The molecular formula is C16H15N3O2. The standard InChI is InChI=1S/C16H15N3O2/c1-11-2-4-12(5-3-11)10-19-17-14-7-6-13(9-16(20)21)8-15(14)18-19/h2-8H,9-10H2,1H3,(H,20,21). The van der Waals surface area contributed by atoms with Crippen molar-refractivity contribution in [1.29, 1.82) is 0 Å². The maximum absolute atomic E-state index is 10.7. The summed E-state index contributed by atoms with van der Waals surface area (Å²) in [5.41, 5.74) is 4.58. The van der Waals surface area contributed by atoms with E-state index in [-0.39, 0.29) is 6.42 Å². The van der Waals surface area contributed by atoms with Crippen LogP contribution >= 0.6 is 0 Å². The van der Waals surface area contributed by atoms with Crippen LogP contribution in [0.3, 0.4) is 0 Å². The van der Waals surface area contributed by atoms with Gasteiger partial charge in [0.25, 0.3) is 0 Å². The number of fused-ring (bicyclic) bond motifs is 1. The minimum atomic E-state index is -0.846. The van der Waals surface area contributed by atoms with Crippen LogP contribution in [0.25, 0.3) is 11.0 Å². The Balaban J connectivity index is 1.86. The second kappa shape index (κ2) is 5.36. The molecule has 0 aliphatic carbocycles. The molecule has 0 saturated carbocycles. The van der Waals surface area contributed by atoms with Gasteiger partial charge < -0.3 is 5.11 Å². The monoisotopic (exact) mass is 281 g/mol. The molecule has 0 fully saturated rings. The SMILES string of the molecule is Cc1ccc(Cn2nc3ccc(CC(=O)O)cc3n2)cc1. The molecule has 0 unspecified atom stereocenters. The molecule has 0 atom stereocenters. The van der Waals surface area contributed by atoms with Crippen LogP contribution in [0.1, 0.15) is 16.7 Å². The predicted octanol–water partition coefficient (Wildman–Crippen LogP) is 2.42. The summed E-state index contributed by atoms with van der Waals surface area (Å²) in [6.07, 6.45) is 0.000756. The molecule has 0 aliphatic heterocycles. The van der Waals surface area contributed by atoms with Gasteiger partial charge in [-0.3, -0.25) is 4.79 Å². The van der Waals surface area contributed by atoms with Crippen LogP contribution in [0.5, 0.6) is 0 Å². The average Bonchev–Trinajstić information content (AvgIpc) is 2.82. The lowest BCUT2D eigenvalue weighted by Crippen LogP contribution is -2.03. The fraction of sp³-hybridized carbons (Fsp3) is 0.188. The van der Waals surface area contributed by atoms with Crippen molar-refractivity contribution in [3.8, 4) is 0 Å². The second-order valence-corrected chi connectivity index (χ2v) is 5.11. The third-order valence-corrected chi connectivity index (χ3v) is 3.29. The number of carboxylic acids is 1. The van der Waals surface area contributed by atoms with Crippen LogP contribution in [0.15, 0.2) is 42.5 Å². The first kappa shape index (κ1) is 13.3. The molecule has 1 N–H and O–H groups in total. The van der Waals surface area contributed by atoms with Crippen molar-refractivity contribution >= 4 is 17.0 Å². The van der Waals surface area contributed by atoms with Gasteiger partial charge in [0.15, 0.2) is 0 Å². The van der Waals surface area contributed by atoms with Crippen LogP contribution in [-0.2, 0) is 17.8 Å². The molecule has 0 spiro atoms. The molecule has 1 aromatic heterocycles. The molecule has 0 bridgehead atoms. The maximum atomic E-state index is 10.7. The number of carbonyl (C=O) groups is 1. The van der Waals surface area contributed by atoms with Crippen LogP contribution in [0.4, 0.5) is 0 Å². The molecule has 0 saturated heterocycles. The second-order valence-electron chi connectivity index (χ2n) is 5.11. The van der Waals surface area contributed by atoms with Gasteiger partial charge in [-0.2, -0.15) is 15.0 Å². The summed E-state index contributed by atoms with van der Waals surface area (Å²) in [4.78, 5) is 12.4. The van der Waals surface area contributed by atoms with E-state index in [1.807, 2.05) is 13.0 Å². The number of aryl methyl sites for hydroxylation is 1. The zero-order chi connectivity index (χ0) is 14.8. The zero-order valence-electron chi connectivity index (χ0n) is 11.7. The van der Waals surface area contributed by atoms with Crippen molar-refractivity contribution in [3.63, 3.8) is 0 Å². The van der Waals surface area contributed by atoms with Crippen LogP contribution in [-0.4, -0.2) is 26.1 Å². The highest BCUT2D eigenvalue weighted by Crippen LogP contribution is 2.13. The molecule has 5 heteroatoms. The predicted molar refractivity (Wildman–Crippen MR) is 79.1 cm³/mol. The Labute approximate surface area is 121 Å². The summed E-state index contributed by atoms with van der Waals surface area (Å²) >= 11 is 0. The summed E-state index contributed by atoms with van der Waals surface area (Å²) in [5.74, 6) is -0.846. The maximum Gasteiger partial charge on any atom is 0.307 e. The van der Waals surface area contributed by atoms with E-state index in [9.17, 15) is 4.79 Å². The third-order valence-electron chi connectivity index (χ3n) is 3.29. The highest BCUT2D eigenvalue weighted by atomic mass is 16.4. The summed E-state index contributed by atoms with van der Waals surface area (Å²) < 4.78 is 0. The van der Waals surface area contributed by atoms with Gasteiger partial charge in [0.2, 0.25) is 0 Å². The van der Waals surface area contributed by atoms with E-state index < -0.39 is 5.97 Å². The Morgan fingerprint density at radius 3 is 2.43 bits per heavy atom. The Kier molecular flexibility index (Phi) is 3.39. The number of rotatable bonds is 4. The van der Waals surface area contributed by atoms with Gasteiger partial charge in [-0.1, -0.05) is 35.9 Å². The van der Waals surface area contributed by atoms with Crippen molar-refractivity contribution < 1.29 is 9.90 Å². The van der Waals surface area contributed by atoms with E-state index in [1.54, 1.807) is 16.9 Å². The highest BCUT2D eigenvalue weighted by molar-refractivity contribution is 5.77. The Bertz CT molecular complexity index is 791. The summed E-state index contributed by atoms with van der Waals surface area (Å²) in [5, 5.41) is 17.6. The minimum absolute atomic E-state index is 0.000756. The van der Waals surface area contributed by atoms with Gasteiger partial charge in [-0.25, -0.2) is 0 Å². The molecule has 106 valence electrons. The molecule has 21 heavy (non-hydrogen) atoms. The van der Waals surface area contributed by atoms with Crippen molar-refractivity contribution in [3.05, 3.63) is 59.2 Å². The summed E-state index contributed by atoms with van der Waals surface area (Å²) in [7, 11) is 0. The van der Waals surface area contributed by atoms with E-state index in [0.717, 1.165) is 22.2 Å². The number of benzene rings is 2. The topological polar surface area (TPSA) is 68.0 Å². The summed E-state index contributed by atoms with van der Waals surface area (Å²) in [6.45, 7) is 2.65. The van der Waals surface area contributed by atoms with Gasteiger partial charge in [0, 0.05) is 0 Å². The number of aromatic nitrogens is 3. The quantitative estimate of drug-likeness (QED) is 0.797. The van der Waals surface area contributed by atoms with Gasteiger partial charge in [-0.05, 0) is 30.2 Å². The summed E-state index contributed by atoms with van der Waals surface area (Å²) in [6, 6.07) is 13.6. The Morgan fingerprint density at radius 2 is 1.71 bits per heavy atom. The van der Waals surface area contributed by atoms with Crippen LogP contribution < -0.4 is 0 Å². The van der Waals surface area contributed by atoms with Crippen molar-refractivity contribution in [2.24, 2.45) is 0 Å². The van der Waals surface area contributed by atoms with E-state index in [4.69, 9.17) is 5.11 Å². The number of aliphatic carboxylic acids is 1. The van der Waals surface area contributed by atoms with Crippen molar-refractivity contribution in [2.75, 3.05) is 0 Å². The van der Waals surface area contributed by atoms with Gasteiger partial charge in [0.1, 0.15) is 11.0 Å². The Hall–Kier alpha value is -2.69. The number of hydrogen-bond donors (Lipinski definition) is 1. The zero-order valence-corrected chi connectivity index (χ0v) is 11.7. The highest BCUT2D eigenvalue weighted by Gasteiger charge is 2.06. The van der Waals surface area contributed by atoms with Gasteiger partial charge in [0.05, 0.1) is 13.0 Å². The van der Waals surface area contributed by atoms with E-state index in [1.165, 1.54) is 5.56 Å². The Morgan fingerprint density at radius 1 is 1.05 bits per heavy atom. The van der Waals surface area contributed by atoms with E-state index in [0.29, 0.717) is 6.54 Å². The third kappa shape index (κ3) is 3.08. The molecule has 0 amide bonds. The molecule has 1 heterocycles. The van der Waals surface area contributed by atoms with Gasteiger partial charge in [-0.15, -0.1) is 0 Å². The van der Waals surface area contributed by atoms with Crippen LogP contribution in [0.2, 0.25) is 0 Å². The fourth-order valence-electron chi connectivity index (χ4n) is 2.22. The van der Waals surface area contributed by atoms with E-state index >= 15 is 0 Å².